The summed E-state index contributed by atoms with van der Waals surface area (Å²) in [6.45, 7) is 1.73. The van der Waals surface area contributed by atoms with E-state index in [-0.39, 0.29) is 12.0 Å². The summed E-state index contributed by atoms with van der Waals surface area (Å²) in [7, 11) is 1.13. The molecule has 4 aromatic carbocycles. The van der Waals surface area contributed by atoms with Crippen LogP contribution in [-0.2, 0) is 16.0 Å². The lowest BCUT2D eigenvalue weighted by molar-refractivity contribution is -0.142. The highest BCUT2D eigenvalue weighted by Crippen LogP contribution is 2.35. The van der Waals surface area contributed by atoms with Crippen LogP contribution in [0.25, 0.3) is 22.0 Å². The number of carbonyl (C=O) groups excluding carboxylic acids is 3. The van der Waals surface area contributed by atoms with Gasteiger partial charge in [-0.25, -0.2) is 13.6 Å². The number of fused-ring (bicyclic) bond motifs is 1. The number of nitrogens with zero attached hydrogens (tertiary/aromatic N) is 2. The van der Waals surface area contributed by atoms with Crippen molar-refractivity contribution in [1.82, 2.24) is 15.6 Å². The molecule has 2 N–H and O–H groups in total. The highest BCUT2D eigenvalue weighted by atomic mass is 35.5. The average molecular weight is 653 g/mol. The molecule has 0 aliphatic carbocycles. The molecule has 0 unspecified atom stereocenters. The Kier molecular flexibility index (Phi) is 9.88. The Hall–Kier alpha value is -5.66. The third kappa shape index (κ3) is 7.11. The Balaban J connectivity index is 1.40. The van der Waals surface area contributed by atoms with E-state index in [2.05, 4.69) is 15.6 Å². The van der Waals surface area contributed by atoms with E-state index in [1.54, 1.807) is 79.9 Å². The molecule has 0 radical (unpaired) electrons. The summed E-state index contributed by atoms with van der Waals surface area (Å²) in [5.41, 5.74) is 2.35. The molecule has 0 bridgehead atoms. The van der Waals surface area contributed by atoms with Gasteiger partial charge in [0.2, 0.25) is 0 Å². The van der Waals surface area contributed by atoms with Crippen molar-refractivity contribution < 1.29 is 27.9 Å². The Labute approximate surface area is 274 Å². The highest BCUT2D eigenvalue weighted by Gasteiger charge is 2.28. The second-order valence-corrected chi connectivity index (χ2v) is 11.1. The highest BCUT2D eigenvalue weighted by molar-refractivity contribution is 6.33. The quantitative estimate of drug-likeness (QED) is 0.171. The van der Waals surface area contributed by atoms with Crippen LogP contribution in [0.1, 0.15) is 50.4 Å². The van der Waals surface area contributed by atoms with Gasteiger partial charge in [-0.2, -0.15) is 5.26 Å². The Bertz CT molecular complexity index is 2030. The molecule has 0 saturated heterocycles. The predicted octanol–water partition coefficient (Wildman–Crippen LogP) is 6.71. The fourth-order valence-electron chi connectivity index (χ4n) is 5.24. The number of hydrogen-bond acceptors (Lipinski definition) is 6. The Morgan fingerprint density at radius 3 is 2.28 bits per heavy atom. The SMILES string of the molecule is COC(=O)[C@H](Cc1ccc(-c2ccc(C#N)cc2Cl)c2ncccc12)NC(=O)c1c(F)cc(C(=O)N[C@H](C)c2ccccc2)cc1F. The maximum absolute atomic E-state index is 15.2. The molecule has 1 heterocycles. The monoisotopic (exact) mass is 652 g/mol. The summed E-state index contributed by atoms with van der Waals surface area (Å²) in [5.74, 6) is -5.33. The van der Waals surface area contributed by atoms with E-state index in [4.69, 9.17) is 16.3 Å². The molecule has 0 spiro atoms. The van der Waals surface area contributed by atoms with Gasteiger partial charge in [-0.3, -0.25) is 14.6 Å². The van der Waals surface area contributed by atoms with Crippen LogP contribution in [0.15, 0.2) is 91.1 Å². The van der Waals surface area contributed by atoms with Gasteiger partial charge >= 0.3 is 5.97 Å². The van der Waals surface area contributed by atoms with E-state index in [1.807, 2.05) is 12.1 Å². The summed E-state index contributed by atoms with van der Waals surface area (Å²) in [6.07, 6.45) is 1.48. The second kappa shape index (κ2) is 14.2. The number of amides is 2. The van der Waals surface area contributed by atoms with Gasteiger partial charge in [0.15, 0.2) is 0 Å². The molecule has 11 heteroatoms. The van der Waals surface area contributed by atoms with E-state index >= 15 is 8.78 Å². The minimum atomic E-state index is -1.34. The molecular weight excluding hydrogens is 626 g/mol. The lowest BCUT2D eigenvalue weighted by Crippen LogP contribution is -2.43. The first-order valence-corrected chi connectivity index (χ1v) is 14.8. The maximum Gasteiger partial charge on any atom is 0.328 e. The predicted molar refractivity (Wildman–Crippen MR) is 173 cm³/mol. The van der Waals surface area contributed by atoms with Gasteiger partial charge in [0.25, 0.3) is 11.8 Å². The first-order valence-electron chi connectivity index (χ1n) is 14.4. The van der Waals surface area contributed by atoms with Crippen molar-refractivity contribution in [2.24, 2.45) is 0 Å². The number of nitriles is 1. The van der Waals surface area contributed by atoms with Crippen molar-refractivity contribution in [3.8, 4) is 17.2 Å². The summed E-state index contributed by atoms with van der Waals surface area (Å²) >= 11 is 6.47. The van der Waals surface area contributed by atoms with Gasteiger partial charge in [0.05, 0.1) is 30.3 Å². The number of nitrogens with one attached hydrogen (secondary N) is 2. The van der Waals surface area contributed by atoms with E-state index in [0.717, 1.165) is 24.8 Å². The molecule has 1 aromatic heterocycles. The lowest BCUT2D eigenvalue weighted by atomic mass is 9.94. The van der Waals surface area contributed by atoms with Crippen LogP contribution in [0.5, 0.6) is 0 Å². The molecule has 47 heavy (non-hydrogen) atoms. The van der Waals surface area contributed by atoms with Gasteiger partial charge in [0.1, 0.15) is 23.2 Å². The van der Waals surface area contributed by atoms with Crippen LogP contribution >= 0.6 is 11.6 Å². The fourth-order valence-corrected chi connectivity index (χ4v) is 5.52. The van der Waals surface area contributed by atoms with Crippen molar-refractivity contribution in [3.63, 3.8) is 0 Å². The van der Waals surface area contributed by atoms with Gasteiger partial charge in [-0.15, -0.1) is 0 Å². The van der Waals surface area contributed by atoms with Crippen molar-refractivity contribution in [2.75, 3.05) is 7.11 Å². The number of halogens is 3. The number of benzene rings is 4. The van der Waals surface area contributed by atoms with E-state index in [0.29, 0.717) is 38.2 Å². The van der Waals surface area contributed by atoms with Crippen LogP contribution in [-0.4, -0.2) is 35.9 Å². The van der Waals surface area contributed by atoms with Crippen LogP contribution < -0.4 is 10.6 Å². The van der Waals surface area contributed by atoms with Gasteiger partial charge < -0.3 is 15.4 Å². The maximum atomic E-state index is 15.2. The van der Waals surface area contributed by atoms with Crippen molar-refractivity contribution in [2.45, 2.75) is 25.4 Å². The first-order chi connectivity index (χ1) is 22.6. The number of ether oxygens (including phenoxy) is 1. The van der Waals surface area contributed by atoms with E-state index < -0.39 is 47.1 Å². The number of methoxy groups -OCH3 is 1. The minimum Gasteiger partial charge on any atom is -0.467 e. The summed E-state index contributed by atoms with van der Waals surface area (Å²) < 4.78 is 35.3. The van der Waals surface area contributed by atoms with Crippen LogP contribution in [0.4, 0.5) is 8.78 Å². The van der Waals surface area contributed by atoms with Crippen LogP contribution in [0.2, 0.25) is 5.02 Å². The molecule has 2 atom stereocenters. The second-order valence-electron chi connectivity index (χ2n) is 10.7. The molecule has 0 saturated carbocycles. The number of aromatic nitrogens is 1. The van der Waals surface area contributed by atoms with Gasteiger partial charge in [-0.05, 0) is 48.4 Å². The topological polar surface area (TPSA) is 121 Å². The summed E-state index contributed by atoms with van der Waals surface area (Å²) in [6, 6.07) is 22.7. The molecule has 2 amide bonds. The van der Waals surface area contributed by atoms with Crippen molar-refractivity contribution in [3.05, 3.63) is 136 Å². The molecule has 0 fully saturated rings. The van der Waals surface area contributed by atoms with Crippen molar-refractivity contribution >= 4 is 40.3 Å². The van der Waals surface area contributed by atoms with Gasteiger partial charge in [0, 0.05) is 39.7 Å². The summed E-state index contributed by atoms with van der Waals surface area (Å²) in [5, 5.41) is 15.2. The normalized spacial score (nSPS) is 12.1. The number of esters is 1. The molecule has 0 aliphatic heterocycles. The van der Waals surface area contributed by atoms with E-state index in [1.165, 1.54) is 0 Å². The lowest BCUT2D eigenvalue weighted by Gasteiger charge is -2.19. The zero-order chi connectivity index (χ0) is 33.7. The largest absolute Gasteiger partial charge is 0.467 e. The minimum absolute atomic E-state index is 0.108. The fraction of sp³-hybridized carbons (Fsp3) is 0.139. The first kappa shape index (κ1) is 32.7. The van der Waals surface area contributed by atoms with Crippen LogP contribution in [0.3, 0.4) is 0 Å². The average Bonchev–Trinajstić information content (AvgIpc) is 3.07. The smallest absolute Gasteiger partial charge is 0.328 e. The molecule has 236 valence electrons. The molecular formula is C36H27ClF2N4O4. The Morgan fingerprint density at radius 2 is 1.62 bits per heavy atom. The van der Waals surface area contributed by atoms with Crippen LogP contribution in [0, 0.1) is 23.0 Å². The zero-order valence-corrected chi connectivity index (χ0v) is 25.9. The molecule has 5 aromatic rings. The van der Waals surface area contributed by atoms with E-state index in [9.17, 15) is 19.6 Å². The molecule has 0 aliphatic rings. The third-order valence-electron chi connectivity index (χ3n) is 7.64. The molecule has 5 rings (SSSR count). The number of hydrogen-bond donors (Lipinski definition) is 2. The number of pyridine rings is 1. The molecule has 8 nitrogen and oxygen atoms in total. The van der Waals surface area contributed by atoms with Crippen molar-refractivity contribution in [1.29, 1.82) is 5.26 Å². The third-order valence-corrected chi connectivity index (χ3v) is 7.95. The van der Waals surface area contributed by atoms with Gasteiger partial charge in [-0.1, -0.05) is 66.2 Å². The zero-order valence-electron chi connectivity index (χ0n) is 25.2. The standard InChI is InChI=1S/C36H27ClF2N4O4/c1-20(22-7-4-3-5-8-22)42-34(44)24-16-29(38)32(30(39)17-24)35(45)43-31(36(46)47-2)18-23-11-13-27(33-25(23)9-6-14-41-33)26-12-10-21(19-40)15-28(26)37/h3-17,20,31H,18H2,1-2H3,(H,42,44)(H,43,45)/t20-,31+/m1/s1. The summed E-state index contributed by atoms with van der Waals surface area (Å²) in [4.78, 5) is 43.3. The Morgan fingerprint density at radius 1 is 0.915 bits per heavy atom. The number of carbonyl (C=O) groups is 3. The number of rotatable bonds is 9.